The van der Waals surface area contributed by atoms with Crippen LogP contribution < -0.4 is 0 Å². The van der Waals surface area contributed by atoms with Gasteiger partial charge in [0.25, 0.3) is 0 Å². The Morgan fingerprint density at radius 3 is 2.35 bits per heavy atom. The van der Waals surface area contributed by atoms with Gasteiger partial charge >= 0.3 is 5.97 Å². The first-order valence-corrected chi connectivity index (χ1v) is 6.68. The lowest BCUT2D eigenvalue weighted by Gasteiger charge is -2.38. The number of nitrogens with zero attached hydrogens (tertiary/aromatic N) is 1. The third-order valence-corrected chi connectivity index (χ3v) is 3.77. The standard InChI is InChI=1S/C13H25NO3/c1-3-9-14(4-2)10-13(17)7-5-11(6-8-13)12(15)16/h11,17H,3-10H2,1-2H3,(H,15,16). The summed E-state index contributed by atoms with van der Waals surface area (Å²) in [6.07, 6.45) is 3.53. The number of hydrogen-bond donors (Lipinski definition) is 2. The van der Waals surface area contributed by atoms with Gasteiger partial charge in [-0.1, -0.05) is 13.8 Å². The van der Waals surface area contributed by atoms with Crippen molar-refractivity contribution in [2.24, 2.45) is 5.92 Å². The molecule has 1 rings (SSSR count). The van der Waals surface area contributed by atoms with E-state index in [-0.39, 0.29) is 5.92 Å². The number of aliphatic carboxylic acids is 1. The largest absolute Gasteiger partial charge is 0.481 e. The van der Waals surface area contributed by atoms with Gasteiger partial charge in [-0.05, 0) is 45.2 Å². The Morgan fingerprint density at radius 1 is 1.35 bits per heavy atom. The zero-order valence-corrected chi connectivity index (χ0v) is 11.0. The van der Waals surface area contributed by atoms with Crippen LogP contribution in [-0.2, 0) is 4.79 Å². The second-order valence-corrected chi connectivity index (χ2v) is 5.21. The normalized spacial score (nSPS) is 29.5. The van der Waals surface area contributed by atoms with E-state index in [1.807, 2.05) is 0 Å². The van der Waals surface area contributed by atoms with Crippen LogP contribution in [0.1, 0.15) is 46.0 Å². The number of carboxylic acids is 1. The topological polar surface area (TPSA) is 60.8 Å². The van der Waals surface area contributed by atoms with E-state index in [2.05, 4.69) is 18.7 Å². The highest BCUT2D eigenvalue weighted by Gasteiger charge is 2.36. The summed E-state index contributed by atoms with van der Waals surface area (Å²) in [5.41, 5.74) is -0.670. The first-order chi connectivity index (χ1) is 8.00. The van der Waals surface area contributed by atoms with Crippen molar-refractivity contribution in [1.82, 2.24) is 4.90 Å². The summed E-state index contributed by atoms with van der Waals surface area (Å²) in [7, 11) is 0. The molecular formula is C13H25NO3. The van der Waals surface area contributed by atoms with Gasteiger partial charge in [0, 0.05) is 6.54 Å². The molecule has 0 bridgehead atoms. The van der Waals surface area contributed by atoms with Crippen LogP contribution in [0, 0.1) is 5.92 Å². The maximum atomic E-state index is 10.9. The van der Waals surface area contributed by atoms with Crippen LogP contribution in [0.25, 0.3) is 0 Å². The lowest BCUT2D eigenvalue weighted by molar-refractivity contribution is -0.145. The van der Waals surface area contributed by atoms with E-state index in [4.69, 9.17) is 5.11 Å². The quantitative estimate of drug-likeness (QED) is 0.746. The van der Waals surface area contributed by atoms with Crippen molar-refractivity contribution in [3.8, 4) is 0 Å². The monoisotopic (exact) mass is 243 g/mol. The first kappa shape index (κ1) is 14.5. The molecule has 1 saturated carbocycles. The Kier molecular flexibility index (Phi) is 5.40. The number of carbonyl (C=O) groups is 1. The van der Waals surface area contributed by atoms with Crippen LogP contribution in [0.5, 0.6) is 0 Å². The highest BCUT2D eigenvalue weighted by Crippen LogP contribution is 2.32. The summed E-state index contributed by atoms with van der Waals surface area (Å²) in [5, 5.41) is 19.4. The van der Waals surface area contributed by atoms with Gasteiger partial charge in [0.2, 0.25) is 0 Å². The number of rotatable bonds is 6. The van der Waals surface area contributed by atoms with Crippen molar-refractivity contribution in [3.05, 3.63) is 0 Å². The van der Waals surface area contributed by atoms with E-state index in [1.54, 1.807) is 0 Å². The molecular weight excluding hydrogens is 218 g/mol. The fraction of sp³-hybridized carbons (Fsp3) is 0.923. The Balaban J connectivity index is 2.45. The van der Waals surface area contributed by atoms with E-state index < -0.39 is 11.6 Å². The average molecular weight is 243 g/mol. The Morgan fingerprint density at radius 2 is 1.94 bits per heavy atom. The first-order valence-electron chi connectivity index (χ1n) is 6.68. The van der Waals surface area contributed by atoms with Gasteiger partial charge in [0.1, 0.15) is 0 Å². The molecule has 0 aromatic carbocycles. The maximum absolute atomic E-state index is 10.9. The maximum Gasteiger partial charge on any atom is 0.306 e. The zero-order chi connectivity index (χ0) is 12.9. The van der Waals surface area contributed by atoms with E-state index in [0.717, 1.165) is 19.5 Å². The third-order valence-electron chi connectivity index (χ3n) is 3.77. The number of carboxylic acid groups (broad SMARTS) is 1. The predicted molar refractivity (Wildman–Crippen MR) is 66.9 cm³/mol. The number of likely N-dealkylation sites (N-methyl/N-ethyl adjacent to an activating group) is 1. The molecule has 0 unspecified atom stereocenters. The minimum absolute atomic E-state index is 0.253. The molecule has 1 fully saturated rings. The molecule has 0 saturated heterocycles. The van der Waals surface area contributed by atoms with Crippen LogP contribution in [0.2, 0.25) is 0 Å². The summed E-state index contributed by atoms with van der Waals surface area (Å²) < 4.78 is 0. The van der Waals surface area contributed by atoms with Gasteiger partial charge in [0.05, 0.1) is 11.5 Å². The smallest absolute Gasteiger partial charge is 0.306 e. The number of hydrogen-bond acceptors (Lipinski definition) is 3. The van der Waals surface area contributed by atoms with Gasteiger partial charge in [-0.25, -0.2) is 0 Å². The molecule has 0 aromatic heterocycles. The summed E-state index contributed by atoms with van der Waals surface area (Å²) >= 11 is 0. The highest BCUT2D eigenvalue weighted by atomic mass is 16.4. The van der Waals surface area contributed by atoms with Crippen LogP contribution in [-0.4, -0.2) is 46.3 Å². The molecule has 4 heteroatoms. The molecule has 17 heavy (non-hydrogen) atoms. The fourth-order valence-corrected chi connectivity index (χ4v) is 2.64. The van der Waals surface area contributed by atoms with E-state index in [1.165, 1.54) is 0 Å². The van der Waals surface area contributed by atoms with Gasteiger partial charge in [-0.15, -0.1) is 0 Å². The Hall–Kier alpha value is -0.610. The van der Waals surface area contributed by atoms with E-state index >= 15 is 0 Å². The predicted octanol–water partition coefficient (Wildman–Crippen LogP) is 1.72. The van der Waals surface area contributed by atoms with Crippen molar-refractivity contribution in [3.63, 3.8) is 0 Å². The number of aliphatic hydroxyl groups is 1. The summed E-state index contributed by atoms with van der Waals surface area (Å²) in [4.78, 5) is 13.1. The molecule has 0 atom stereocenters. The Labute approximate surface area is 104 Å². The lowest BCUT2D eigenvalue weighted by atomic mass is 9.78. The van der Waals surface area contributed by atoms with Crippen LogP contribution in [0.4, 0.5) is 0 Å². The van der Waals surface area contributed by atoms with Gasteiger partial charge in [-0.3, -0.25) is 4.79 Å². The summed E-state index contributed by atoms with van der Waals surface area (Å²) in [6.45, 7) is 6.86. The summed E-state index contributed by atoms with van der Waals surface area (Å²) in [6, 6.07) is 0. The van der Waals surface area contributed by atoms with E-state index in [9.17, 15) is 9.90 Å². The molecule has 2 N–H and O–H groups in total. The second kappa shape index (κ2) is 6.36. The molecule has 100 valence electrons. The SMILES string of the molecule is CCCN(CC)CC1(O)CCC(C(=O)O)CC1. The van der Waals surface area contributed by atoms with Crippen molar-refractivity contribution in [1.29, 1.82) is 0 Å². The fourth-order valence-electron chi connectivity index (χ4n) is 2.64. The molecule has 0 aromatic rings. The molecule has 0 amide bonds. The molecule has 1 aliphatic carbocycles. The van der Waals surface area contributed by atoms with E-state index in [0.29, 0.717) is 32.2 Å². The van der Waals surface area contributed by atoms with Crippen LogP contribution in [0.15, 0.2) is 0 Å². The molecule has 4 nitrogen and oxygen atoms in total. The van der Waals surface area contributed by atoms with Gasteiger partial charge < -0.3 is 15.1 Å². The molecule has 0 aliphatic heterocycles. The lowest BCUT2D eigenvalue weighted by Crippen LogP contribution is -2.46. The highest BCUT2D eigenvalue weighted by molar-refractivity contribution is 5.70. The summed E-state index contributed by atoms with van der Waals surface area (Å²) in [5.74, 6) is -0.968. The average Bonchev–Trinajstić information content (AvgIpc) is 2.28. The van der Waals surface area contributed by atoms with Crippen LogP contribution in [0.3, 0.4) is 0 Å². The Bertz CT molecular complexity index is 247. The molecule has 0 heterocycles. The molecule has 1 aliphatic rings. The third kappa shape index (κ3) is 4.28. The second-order valence-electron chi connectivity index (χ2n) is 5.21. The van der Waals surface area contributed by atoms with Gasteiger partial charge in [0.15, 0.2) is 0 Å². The molecule has 0 radical (unpaired) electrons. The van der Waals surface area contributed by atoms with Crippen LogP contribution >= 0.6 is 0 Å². The van der Waals surface area contributed by atoms with Crippen molar-refractivity contribution in [2.45, 2.75) is 51.6 Å². The van der Waals surface area contributed by atoms with Gasteiger partial charge in [-0.2, -0.15) is 0 Å². The zero-order valence-electron chi connectivity index (χ0n) is 11.0. The van der Waals surface area contributed by atoms with Crippen molar-refractivity contribution in [2.75, 3.05) is 19.6 Å². The minimum atomic E-state index is -0.715. The molecule has 0 spiro atoms. The minimum Gasteiger partial charge on any atom is -0.481 e. The van der Waals surface area contributed by atoms with Crippen molar-refractivity contribution < 1.29 is 15.0 Å². The van der Waals surface area contributed by atoms with Crippen molar-refractivity contribution >= 4 is 5.97 Å².